The number of carbonyl (C=O) groups is 1. The maximum atomic E-state index is 16.0. The summed E-state index contributed by atoms with van der Waals surface area (Å²) in [6, 6.07) is 13.6. The molecule has 390 valence electrons. The number of aromatic nitrogens is 2. The number of hydrogen-bond donors (Lipinski definition) is 3. The molecule has 9 rings (SSSR count). The largest absolute Gasteiger partial charge is 0.380 e. The summed E-state index contributed by atoms with van der Waals surface area (Å²) >= 11 is 0. The molecule has 6 aliphatic rings. The first kappa shape index (κ1) is 51.7. The SMILES string of the molecule is C=C1CCC(c2ccc(N3CCN(CC4CCN(C(=C)CCCCCNc5cc(N6CCC7(CC6)CN(c6cc(F)c(CN8CCC(C)(C)CC8)cc6F)C/C(=C\CC)N7)ncn5)CC4)CC3)cc2)C(=O)N1. The van der Waals surface area contributed by atoms with Crippen molar-refractivity contribution in [1.82, 2.24) is 35.3 Å². The summed E-state index contributed by atoms with van der Waals surface area (Å²) in [6.07, 6.45) is 17.1. The van der Waals surface area contributed by atoms with Gasteiger partial charge in [-0.2, -0.15) is 0 Å². The third-order valence-electron chi connectivity index (χ3n) is 16.9. The van der Waals surface area contributed by atoms with Gasteiger partial charge in [0.05, 0.1) is 23.7 Å². The number of piperazine rings is 2. The van der Waals surface area contributed by atoms with Crippen molar-refractivity contribution in [2.75, 3.05) is 112 Å². The standard InChI is InChI=1S/C58H83F2N11O/c1-6-10-48-40-71(53-36-51(59)47(35-52(53)60)39-66-27-20-57(4,5)21-28-66)41-58(65-48)22-29-70(30-23-58)55-37-54(62-42-63-55)61-24-9-7-8-11-44(3)68-25-18-45(19-26-68)38-67-31-33-69(34-32-67)49-15-13-46(14-16-49)50-17-12-43(2)64-56(50)72/h10,13-16,35-37,42,45,50,65H,2-3,6-9,11-12,17-34,38-41H2,1,4-5H3,(H,64,72)(H,61,62,63)/b48-10+. The van der Waals surface area contributed by atoms with E-state index in [2.05, 4.69) is 126 Å². The maximum Gasteiger partial charge on any atom is 0.231 e. The monoisotopic (exact) mass is 988 g/mol. The Morgan fingerprint density at radius 3 is 2.31 bits per heavy atom. The molecule has 3 aromatic rings. The molecule has 72 heavy (non-hydrogen) atoms. The van der Waals surface area contributed by atoms with Gasteiger partial charge >= 0.3 is 0 Å². The van der Waals surface area contributed by atoms with E-state index in [9.17, 15) is 4.79 Å². The van der Waals surface area contributed by atoms with Crippen LogP contribution in [-0.4, -0.2) is 128 Å². The number of anilines is 4. The molecule has 0 saturated carbocycles. The molecule has 3 N–H and O–H groups in total. The van der Waals surface area contributed by atoms with Crippen molar-refractivity contribution in [2.24, 2.45) is 11.3 Å². The van der Waals surface area contributed by atoms with Crippen molar-refractivity contribution in [1.29, 1.82) is 0 Å². The van der Waals surface area contributed by atoms with Crippen LogP contribution in [0.1, 0.15) is 121 Å². The lowest BCUT2D eigenvalue weighted by Crippen LogP contribution is -2.63. The molecule has 1 unspecified atom stereocenters. The van der Waals surface area contributed by atoms with Crippen LogP contribution in [0, 0.1) is 23.0 Å². The second kappa shape index (κ2) is 23.3. The lowest BCUT2D eigenvalue weighted by atomic mass is 9.82. The molecular weight excluding hydrogens is 905 g/mol. The van der Waals surface area contributed by atoms with Gasteiger partial charge in [0.15, 0.2) is 0 Å². The van der Waals surface area contributed by atoms with Crippen molar-refractivity contribution < 1.29 is 13.6 Å². The normalized spacial score (nSPS) is 22.8. The van der Waals surface area contributed by atoms with E-state index < -0.39 is 0 Å². The summed E-state index contributed by atoms with van der Waals surface area (Å²) < 4.78 is 31.7. The first-order valence-corrected chi connectivity index (χ1v) is 27.5. The molecule has 6 fully saturated rings. The number of allylic oxidation sites excluding steroid dienone is 3. The first-order chi connectivity index (χ1) is 34.8. The highest BCUT2D eigenvalue weighted by molar-refractivity contribution is 5.86. The van der Waals surface area contributed by atoms with E-state index in [4.69, 9.17) is 0 Å². The number of halogens is 2. The predicted molar refractivity (Wildman–Crippen MR) is 289 cm³/mol. The van der Waals surface area contributed by atoms with Gasteiger partial charge in [0.2, 0.25) is 5.91 Å². The Balaban J connectivity index is 0.657. The quantitative estimate of drug-likeness (QED) is 0.113. The van der Waals surface area contributed by atoms with Gasteiger partial charge < -0.3 is 35.6 Å². The fraction of sp³-hybridized carbons (Fsp3) is 0.603. The Hall–Kier alpha value is -5.21. The highest BCUT2D eigenvalue weighted by Gasteiger charge is 2.41. The molecule has 6 aliphatic heterocycles. The second-order valence-corrected chi connectivity index (χ2v) is 22.8. The zero-order chi connectivity index (χ0) is 50.2. The molecule has 0 aliphatic carbocycles. The van der Waals surface area contributed by atoms with Gasteiger partial charge in [0.1, 0.15) is 29.6 Å². The van der Waals surface area contributed by atoms with E-state index in [1.54, 1.807) is 6.33 Å². The fourth-order valence-electron chi connectivity index (χ4n) is 12.1. The van der Waals surface area contributed by atoms with Crippen molar-refractivity contribution in [2.45, 2.75) is 122 Å². The Bertz CT molecular complexity index is 2350. The number of likely N-dealkylation sites (tertiary alicyclic amines) is 2. The van der Waals surface area contributed by atoms with Gasteiger partial charge in [-0.15, -0.1) is 0 Å². The van der Waals surface area contributed by atoms with Crippen LogP contribution in [0.15, 0.2) is 85.1 Å². The van der Waals surface area contributed by atoms with Crippen LogP contribution in [-0.2, 0) is 11.3 Å². The number of unbranched alkanes of at least 4 members (excludes halogenated alkanes) is 2. The van der Waals surface area contributed by atoms with Crippen LogP contribution in [0.25, 0.3) is 0 Å². The predicted octanol–water partition coefficient (Wildman–Crippen LogP) is 9.65. The zero-order valence-electron chi connectivity index (χ0n) is 43.8. The molecule has 0 radical (unpaired) electrons. The number of piperidine rings is 4. The summed E-state index contributed by atoms with van der Waals surface area (Å²) in [4.78, 5) is 36.0. The van der Waals surface area contributed by atoms with Crippen LogP contribution >= 0.6 is 0 Å². The molecule has 6 saturated heterocycles. The summed E-state index contributed by atoms with van der Waals surface area (Å²) in [5, 5.41) is 10.3. The lowest BCUT2D eigenvalue weighted by Gasteiger charge is -2.50. The van der Waals surface area contributed by atoms with E-state index in [0.29, 0.717) is 36.3 Å². The van der Waals surface area contributed by atoms with Crippen LogP contribution in [0.2, 0.25) is 0 Å². The topological polar surface area (TPSA) is 98.4 Å². The molecule has 1 spiro atoms. The second-order valence-electron chi connectivity index (χ2n) is 22.8. The summed E-state index contributed by atoms with van der Waals surface area (Å²) in [7, 11) is 0. The van der Waals surface area contributed by atoms with Gasteiger partial charge in [0.25, 0.3) is 0 Å². The number of benzene rings is 2. The number of rotatable bonds is 17. The number of amides is 1. The molecule has 1 atom stereocenters. The zero-order valence-corrected chi connectivity index (χ0v) is 43.8. The Morgan fingerprint density at radius 2 is 1.58 bits per heavy atom. The molecule has 0 bridgehead atoms. The molecule has 1 aromatic heterocycles. The Morgan fingerprint density at radius 1 is 0.833 bits per heavy atom. The molecule has 7 heterocycles. The molecule has 2 aromatic carbocycles. The van der Waals surface area contributed by atoms with E-state index in [1.807, 2.05) is 0 Å². The van der Waals surface area contributed by atoms with Gasteiger partial charge in [-0.1, -0.05) is 58.6 Å². The van der Waals surface area contributed by atoms with Crippen LogP contribution < -0.4 is 30.7 Å². The van der Waals surface area contributed by atoms with Crippen LogP contribution in [0.3, 0.4) is 0 Å². The number of carbonyl (C=O) groups excluding carboxylic acids is 1. The highest BCUT2D eigenvalue weighted by Crippen LogP contribution is 2.36. The van der Waals surface area contributed by atoms with Crippen LogP contribution in [0.5, 0.6) is 0 Å². The third-order valence-corrected chi connectivity index (χ3v) is 16.9. The minimum atomic E-state index is -0.342. The Labute approximate surface area is 429 Å². The highest BCUT2D eigenvalue weighted by atomic mass is 19.1. The number of hydrogen-bond acceptors (Lipinski definition) is 11. The average Bonchev–Trinajstić information content (AvgIpc) is 3.37. The van der Waals surface area contributed by atoms with Crippen molar-refractivity contribution >= 4 is 28.9 Å². The number of nitrogens with one attached hydrogen (secondary N) is 3. The van der Waals surface area contributed by atoms with Crippen molar-refractivity contribution in [3.63, 3.8) is 0 Å². The molecule has 14 heteroatoms. The molecule has 12 nitrogen and oxygen atoms in total. The average molecular weight is 988 g/mol. The minimum absolute atomic E-state index is 0.0697. The van der Waals surface area contributed by atoms with E-state index in [-0.39, 0.29) is 29.0 Å². The summed E-state index contributed by atoms with van der Waals surface area (Å²) in [6.45, 7) is 28.7. The fourth-order valence-corrected chi connectivity index (χ4v) is 12.1. The Kier molecular flexibility index (Phi) is 16.7. The van der Waals surface area contributed by atoms with Crippen molar-refractivity contribution in [3.05, 3.63) is 108 Å². The minimum Gasteiger partial charge on any atom is -0.380 e. The summed E-state index contributed by atoms with van der Waals surface area (Å²) in [5.41, 5.74) is 6.39. The van der Waals surface area contributed by atoms with E-state index in [1.165, 1.54) is 42.9 Å². The van der Waals surface area contributed by atoms with E-state index in [0.717, 1.165) is 177 Å². The van der Waals surface area contributed by atoms with Gasteiger partial charge in [-0.05, 0) is 125 Å². The van der Waals surface area contributed by atoms with Crippen molar-refractivity contribution in [3.8, 4) is 0 Å². The smallest absolute Gasteiger partial charge is 0.231 e. The van der Waals surface area contributed by atoms with Gasteiger partial charge in [-0.25, -0.2) is 18.7 Å². The first-order valence-electron chi connectivity index (χ1n) is 27.5. The van der Waals surface area contributed by atoms with Gasteiger partial charge in [0, 0.05) is 119 Å². The molecule has 1 amide bonds. The van der Waals surface area contributed by atoms with Gasteiger partial charge in [-0.3, -0.25) is 14.6 Å². The number of nitrogens with zero attached hydrogens (tertiary/aromatic N) is 8. The third kappa shape index (κ3) is 13.1. The lowest BCUT2D eigenvalue weighted by molar-refractivity contribution is -0.122. The van der Waals surface area contributed by atoms with E-state index >= 15 is 8.78 Å². The summed E-state index contributed by atoms with van der Waals surface area (Å²) in [5.74, 6) is 1.84. The molecular formula is C58H83F2N11O. The van der Waals surface area contributed by atoms with Crippen LogP contribution in [0.4, 0.5) is 31.8 Å². The maximum absolute atomic E-state index is 16.0.